The average Bonchev–Trinajstić information content (AvgIpc) is 3.18. The Bertz CT molecular complexity index is 2420. The van der Waals surface area contributed by atoms with E-state index in [9.17, 15) is 0 Å². The van der Waals surface area contributed by atoms with Crippen LogP contribution in [-0.2, 0) is 16.2 Å². The van der Waals surface area contributed by atoms with Gasteiger partial charge in [-0.25, -0.2) is 0 Å². The number of hydrogen-bond acceptors (Lipinski definition) is 2. The highest BCUT2D eigenvalue weighted by atomic mass is 16.5. The van der Waals surface area contributed by atoms with Gasteiger partial charge < -0.3 is 9.64 Å². The van der Waals surface area contributed by atoms with Crippen LogP contribution in [0.25, 0.3) is 21.9 Å². The lowest BCUT2D eigenvalue weighted by molar-refractivity contribution is -0.0452. The van der Waals surface area contributed by atoms with Crippen molar-refractivity contribution in [3.05, 3.63) is 150 Å². The second kappa shape index (κ2) is 11.6. The topological polar surface area (TPSA) is 12.5 Å². The van der Waals surface area contributed by atoms with Crippen LogP contribution in [0.5, 0.6) is 11.5 Å². The molecular weight excluding hydrogens is 655 g/mol. The molecule has 0 saturated heterocycles. The Kier molecular flexibility index (Phi) is 7.00. The van der Waals surface area contributed by atoms with Crippen LogP contribution in [-0.4, -0.2) is 0 Å². The maximum atomic E-state index is 6.89. The van der Waals surface area contributed by atoms with Crippen LogP contribution in [0, 0.1) is 23.7 Å². The van der Waals surface area contributed by atoms with Gasteiger partial charge in [0.1, 0.15) is 11.5 Å². The maximum Gasteiger partial charge on any atom is 0.131 e. The first kappa shape index (κ1) is 32.6. The number of ether oxygens (including phenoxy) is 1. The van der Waals surface area contributed by atoms with Crippen LogP contribution in [0.15, 0.2) is 127 Å². The van der Waals surface area contributed by atoms with Gasteiger partial charge >= 0.3 is 0 Å². The molecule has 0 N–H and O–H groups in total. The van der Waals surface area contributed by atoms with Gasteiger partial charge in [0.05, 0.1) is 5.69 Å². The Balaban J connectivity index is 1.13. The van der Waals surface area contributed by atoms with Crippen molar-refractivity contribution in [1.82, 2.24) is 0 Å². The zero-order valence-electron chi connectivity index (χ0n) is 32.2. The molecule has 1 spiro atoms. The molecule has 4 saturated carbocycles. The molecule has 6 aromatic carbocycles. The molecule has 1 heterocycles. The van der Waals surface area contributed by atoms with Gasteiger partial charge in [0.15, 0.2) is 0 Å². The molecule has 6 aromatic rings. The quantitative estimate of drug-likeness (QED) is 0.181. The molecule has 270 valence electrons. The maximum absolute atomic E-state index is 6.89. The minimum absolute atomic E-state index is 0.00508. The van der Waals surface area contributed by atoms with E-state index >= 15 is 0 Å². The van der Waals surface area contributed by atoms with Gasteiger partial charge in [-0.3, -0.25) is 0 Å². The van der Waals surface area contributed by atoms with E-state index in [1.54, 1.807) is 0 Å². The first-order valence-corrected chi connectivity index (χ1v) is 20.6. The number of benzene rings is 6. The summed E-state index contributed by atoms with van der Waals surface area (Å²) in [5, 5.41) is 2.57. The zero-order chi connectivity index (χ0) is 36.4. The fourth-order valence-electron chi connectivity index (χ4n) is 12.6. The van der Waals surface area contributed by atoms with Crippen molar-refractivity contribution in [2.24, 2.45) is 23.7 Å². The van der Waals surface area contributed by atoms with Gasteiger partial charge in [-0.2, -0.15) is 0 Å². The van der Waals surface area contributed by atoms with Crippen molar-refractivity contribution in [2.75, 3.05) is 4.90 Å². The van der Waals surface area contributed by atoms with Crippen molar-refractivity contribution >= 4 is 27.8 Å². The van der Waals surface area contributed by atoms with Gasteiger partial charge in [0.25, 0.3) is 0 Å². The lowest BCUT2D eigenvalue weighted by atomic mass is 9.42. The summed E-state index contributed by atoms with van der Waals surface area (Å²) in [6, 6.07) is 48.2. The molecule has 0 radical (unpaired) electrons. The second-order valence-electron chi connectivity index (χ2n) is 18.8. The molecule has 2 nitrogen and oxygen atoms in total. The average molecular weight is 706 g/mol. The molecule has 4 bridgehead atoms. The third kappa shape index (κ3) is 4.64. The van der Waals surface area contributed by atoms with E-state index in [1.807, 2.05) is 0 Å². The number of anilines is 3. The number of para-hydroxylation sites is 1. The Hall–Kier alpha value is -4.82. The molecule has 54 heavy (non-hydrogen) atoms. The Labute approximate surface area is 321 Å². The van der Waals surface area contributed by atoms with Crippen LogP contribution in [0.1, 0.15) is 94.9 Å². The molecule has 12 rings (SSSR count). The smallest absolute Gasteiger partial charge is 0.131 e. The second-order valence-corrected chi connectivity index (χ2v) is 18.8. The van der Waals surface area contributed by atoms with Crippen LogP contribution in [0.3, 0.4) is 0 Å². The van der Waals surface area contributed by atoms with Crippen LogP contribution >= 0.6 is 0 Å². The molecule has 0 aromatic heterocycles. The monoisotopic (exact) mass is 705 g/mol. The van der Waals surface area contributed by atoms with Crippen molar-refractivity contribution in [1.29, 1.82) is 0 Å². The first-order chi connectivity index (χ1) is 26.2. The normalized spacial score (nSPS) is 26.5. The summed E-state index contributed by atoms with van der Waals surface area (Å²) in [5.41, 5.74) is 12.2. The first-order valence-electron chi connectivity index (χ1n) is 20.6. The summed E-state index contributed by atoms with van der Waals surface area (Å²) in [6.45, 7) is 9.82. The van der Waals surface area contributed by atoms with Gasteiger partial charge in [0.2, 0.25) is 0 Å². The summed E-state index contributed by atoms with van der Waals surface area (Å²) in [5.74, 6) is 5.23. The molecule has 0 unspecified atom stereocenters. The summed E-state index contributed by atoms with van der Waals surface area (Å²) in [7, 11) is 0. The Morgan fingerprint density at radius 1 is 0.537 bits per heavy atom. The fourth-order valence-corrected chi connectivity index (χ4v) is 12.6. The van der Waals surface area contributed by atoms with E-state index in [0.29, 0.717) is 11.8 Å². The molecule has 2 heteroatoms. The van der Waals surface area contributed by atoms with Gasteiger partial charge in [0, 0.05) is 27.9 Å². The van der Waals surface area contributed by atoms with Gasteiger partial charge in [-0.15, -0.1) is 0 Å². The molecular formula is C52H51NO. The molecule has 0 atom stereocenters. The van der Waals surface area contributed by atoms with E-state index in [-0.39, 0.29) is 16.2 Å². The third-order valence-electron chi connectivity index (χ3n) is 14.9. The van der Waals surface area contributed by atoms with Crippen molar-refractivity contribution in [2.45, 2.75) is 88.9 Å². The highest BCUT2D eigenvalue weighted by Gasteiger charge is 2.61. The summed E-state index contributed by atoms with van der Waals surface area (Å²) >= 11 is 0. The molecule has 1 aliphatic heterocycles. The zero-order valence-corrected chi connectivity index (χ0v) is 32.2. The van der Waals surface area contributed by atoms with Crippen LogP contribution in [0.4, 0.5) is 17.1 Å². The summed E-state index contributed by atoms with van der Waals surface area (Å²) in [6.07, 6.45) is 9.20. The van der Waals surface area contributed by atoms with E-state index in [1.165, 1.54) is 106 Å². The van der Waals surface area contributed by atoms with Crippen molar-refractivity contribution in [3.8, 4) is 22.6 Å². The van der Waals surface area contributed by atoms with Gasteiger partial charge in [-0.1, -0.05) is 113 Å². The number of fused-ring (bicyclic) bond motifs is 4. The summed E-state index contributed by atoms with van der Waals surface area (Å²) < 4.78 is 6.89. The largest absolute Gasteiger partial charge is 0.457 e. The predicted octanol–water partition coefficient (Wildman–Crippen LogP) is 14.2. The van der Waals surface area contributed by atoms with E-state index < -0.39 is 0 Å². The van der Waals surface area contributed by atoms with Crippen LogP contribution < -0.4 is 9.64 Å². The number of nitrogens with zero attached hydrogens (tertiary/aromatic N) is 1. The molecule has 0 amide bonds. The molecule has 4 fully saturated rings. The molecule has 6 aliphatic rings. The Morgan fingerprint density at radius 3 is 1.96 bits per heavy atom. The highest BCUT2D eigenvalue weighted by Crippen LogP contribution is 2.69. The predicted molar refractivity (Wildman–Crippen MR) is 224 cm³/mol. The lowest BCUT2D eigenvalue weighted by Crippen LogP contribution is -2.57. The SMILES string of the molecule is CC1(C)CCC(C)(C)c2c(N(c3ccc(-c4cccc5ccccc45)cc3)c3ccc4c(c3)C3(c5ccccc5O4)C4CC5CC(C4)CC3C5)cccc21. The number of hydrogen-bond donors (Lipinski definition) is 0. The van der Waals surface area contributed by atoms with Gasteiger partial charge in [-0.05, 0) is 155 Å². The van der Waals surface area contributed by atoms with Crippen molar-refractivity contribution in [3.63, 3.8) is 0 Å². The minimum atomic E-state index is -0.00508. The lowest BCUT2D eigenvalue weighted by Gasteiger charge is -2.63. The fraction of sp³-hybridized carbons (Fsp3) is 0.346. The van der Waals surface area contributed by atoms with E-state index in [4.69, 9.17) is 4.74 Å². The van der Waals surface area contributed by atoms with Crippen molar-refractivity contribution < 1.29 is 4.74 Å². The highest BCUT2D eigenvalue weighted by molar-refractivity contribution is 5.97. The summed E-state index contributed by atoms with van der Waals surface area (Å²) in [4.78, 5) is 2.60. The minimum Gasteiger partial charge on any atom is -0.457 e. The standard InChI is InChI=1S/C52H51NO/c1-50(2)25-26-51(3,4)49-44(50)16-10-17-46(49)53(39-21-19-36(20-22-39)42-14-9-12-35-11-5-6-13-41(35)42)40-23-24-48-45(32-40)52(43-15-7-8-18-47(43)54-48)37-28-33-27-34(30-37)31-38(52)29-33/h5-24,32-34,37-38H,25-31H2,1-4H3. The Morgan fingerprint density at radius 2 is 1.17 bits per heavy atom. The molecule has 5 aliphatic carbocycles. The van der Waals surface area contributed by atoms with E-state index in [2.05, 4.69) is 160 Å². The van der Waals surface area contributed by atoms with Crippen LogP contribution in [0.2, 0.25) is 0 Å². The van der Waals surface area contributed by atoms with E-state index in [0.717, 1.165) is 23.3 Å². The third-order valence-corrected chi connectivity index (χ3v) is 14.9. The number of rotatable bonds is 4.